The number of hydrogen-bond donors (Lipinski definition) is 1. The molecule has 0 aromatic heterocycles. The lowest BCUT2D eigenvalue weighted by molar-refractivity contribution is -0.124. The first-order chi connectivity index (χ1) is 14.2. The Hall–Kier alpha value is -2.86. The first-order valence-electron chi connectivity index (χ1n) is 9.89. The second kappa shape index (κ2) is 10.1. The third-order valence-corrected chi connectivity index (χ3v) is 5.33. The van der Waals surface area contributed by atoms with Crippen molar-refractivity contribution in [1.82, 2.24) is 10.2 Å². The van der Waals surface area contributed by atoms with Gasteiger partial charge in [0.25, 0.3) is 5.91 Å². The van der Waals surface area contributed by atoms with E-state index < -0.39 is 0 Å². The number of likely N-dealkylation sites (tertiary alicyclic amines) is 1. The number of amides is 2. The Morgan fingerprint density at radius 2 is 1.76 bits per heavy atom. The first kappa shape index (κ1) is 20.9. The maximum atomic E-state index is 13.0. The molecule has 2 aromatic carbocycles. The maximum absolute atomic E-state index is 13.0. The molecule has 1 aliphatic rings. The Morgan fingerprint density at radius 1 is 1.03 bits per heavy atom. The van der Waals surface area contributed by atoms with Crippen LogP contribution in [-0.4, -0.2) is 57.2 Å². The van der Waals surface area contributed by atoms with Crippen molar-refractivity contribution in [3.05, 3.63) is 65.7 Å². The molecular formula is C23H28N2O4. The summed E-state index contributed by atoms with van der Waals surface area (Å²) in [5, 5.41) is 3.00. The van der Waals surface area contributed by atoms with Gasteiger partial charge in [0, 0.05) is 44.8 Å². The zero-order valence-corrected chi connectivity index (χ0v) is 17.0. The minimum Gasteiger partial charge on any atom is -0.496 e. The third-order valence-electron chi connectivity index (χ3n) is 5.33. The fourth-order valence-electron chi connectivity index (χ4n) is 3.85. The van der Waals surface area contributed by atoms with Crippen molar-refractivity contribution in [2.45, 2.75) is 12.3 Å². The van der Waals surface area contributed by atoms with Crippen molar-refractivity contribution in [2.75, 3.05) is 40.5 Å². The highest BCUT2D eigenvalue weighted by atomic mass is 16.5. The van der Waals surface area contributed by atoms with Crippen molar-refractivity contribution >= 4 is 11.8 Å². The minimum absolute atomic E-state index is 0.0413. The van der Waals surface area contributed by atoms with Crippen molar-refractivity contribution in [3.63, 3.8) is 0 Å². The molecular weight excluding hydrogens is 368 g/mol. The van der Waals surface area contributed by atoms with Crippen LogP contribution in [0, 0.1) is 5.92 Å². The minimum atomic E-state index is -0.332. The summed E-state index contributed by atoms with van der Waals surface area (Å²) in [7, 11) is 3.27. The highest BCUT2D eigenvalue weighted by Gasteiger charge is 2.41. The van der Waals surface area contributed by atoms with Crippen LogP contribution in [0.4, 0.5) is 0 Å². The van der Waals surface area contributed by atoms with E-state index in [9.17, 15) is 9.59 Å². The van der Waals surface area contributed by atoms with Gasteiger partial charge in [-0.15, -0.1) is 0 Å². The van der Waals surface area contributed by atoms with Gasteiger partial charge in [-0.25, -0.2) is 0 Å². The average Bonchev–Trinajstić information content (AvgIpc) is 3.22. The topological polar surface area (TPSA) is 67.9 Å². The lowest BCUT2D eigenvalue weighted by Gasteiger charge is -2.20. The smallest absolute Gasteiger partial charge is 0.253 e. The van der Waals surface area contributed by atoms with Crippen LogP contribution < -0.4 is 10.1 Å². The number of para-hydroxylation sites is 1. The molecule has 2 unspecified atom stereocenters. The predicted octanol–water partition coefficient (Wildman–Crippen LogP) is 2.70. The summed E-state index contributed by atoms with van der Waals surface area (Å²) >= 11 is 0. The first-order valence-corrected chi connectivity index (χ1v) is 9.89. The molecule has 1 heterocycles. The van der Waals surface area contributed by atoms with Gasteiger partial charge in [0.1, 0.15) is 5.75 Å². The van der Waals surface area contributed by atoms with Gasteiger partial charge in [-0.2, -0.15) is 0 Å². The lowest BCUT2D eigenvalue weighted by atomic mass is 9.87. The summed E-state index contributed by atoms with van der Waals surface area (Å²) in [6.45, 7) is 2.00. The zero-order valence-electron chi connectivity index (χ0n) is 17.0. The molecule has 1 fully saturated rings. The summed E-state index contributed by atoms with van der Waals surface area (Å²) in [5.41, 5.74) is 1.59. The van der Waals surface area contributed by atoms with Crippen LogP contribution in [0.1, 0.15) is 28.3 Å². The molecule has 2 aromatic rings. The summed E-state index contributed by atoms with van der Waals surface area (Å²) in [6, 6.07) is 16.9. The Labute approximate surface area is 171 Å². The molecule has 2 atom stereocenters. The molecule has 1 aliphatic heterocycles. The van der Waals surface area contributed by atoms with Gasteiger partial charge in [0.15, 0.2) is 0 Å². The lowest BCUT2D eigenvalue weighted by Crippen LogP contribution is -2.36. The Morgan fingerprint density at radius 3 is 2.48 bits per heavy atom. The van der Waals surface area contributed by atoms with Crippen LogP contribution in [0.5, 0.6) is 5.75 Å². The number of nitrogens with zero attached hydrogens (tertiary/aromatic N) is 1. The van der Waals surface area contributed by atoms with Crippen molar-refractivity contribution < 1.29 is 19.1 Å². The second-order valence-corrected chi connectivity index (χ2v) is 7.17. The molecule has 0 saturated carbocycles. The highest BCUT2D eigenvalue weighted by molar-refractivity contribution is 5.95. The summed E-state index contributed by atoms with van der Waals surface area (Å²) in [4.78, 5) is 27.7. The van der Waals surface area contributed by atoms with E-state index in [4.69, 9.17) is 9.47 Å². The van der Waals surface area contributed by atoms with Gasteiger partial charge >= 0.3 is 0 Å². The molecule has 1 saturated heterocycles. The van der Waals surface area contributed by atoms with Gasteiger partial charge in [0.2, 0.25) is 5.91 Å². The molecule has 154 valence electrons. The van der Waals surface area contributed by atoms with E-state index in [0.29, 0.717) is 31.8 Å². The Kier molecular flexibility index (Phi) is 7.25. The van der Waals surface area contributed by atoms with Gasteiger partial charge in [-0.1, -0.05) is 36.4 Å². The molecule has 1 N–H and O–H groups in total. The fraction of sp³-hybridized carbons (Fsp3) is 0.391. The van der Waals surface area contributed by atoms with E-state index in [2.05, 4.69) is 5.32 Å². The van der Waals surface area contributed by atoms with Crippen molar-refractivity contribution in [3.8, 4) is 5.75 Å². The quantitative estimate of drug-likeness (QED) is 0.697. The molecule has 3 rings (SSSR count). The number of rotatable bonds is 8. The van der Waals surface area contributed by atoms with E-state index in [1.807, 2.05) is 42.5 Å². The number of nitrogens with one attached hydrogen (secondary N) is 1. The van der Waals surface area contributed by atoms with Gasteiger partial charge in [0.05, 0.1) is 13.0 Å². The van der Waals surface area contributed by atoms with Gasteiger partial charge in [-0.05, 0) is 30.2 Å². The molecule has 29 heavy (non-hydrogen) atoms. The van der Waals surface area contributed by atoms with Crippen LogP contribution in [0.2, 0.25) is 0 Å². The van der Waals surface area contributed by atoms with Crippen molar-refractivity contribution in [2.24, 2.45) is 5.92 Å². The second-order valence-electron chi connectivity index (χ2n) is 7.17. The monoisotopic (exact) mass is 396 g/mol. The van der Waals surface area contributed by atoms with E-state index in [1.54, 1.807) is 31.3 Å². The van der Waals surface area contributed by atoms with Gasteiger partial charge < -0.3 is 19.7 Å². The van der Waals surface area contributed by atoms with E-state index in [1.165, 1.54) is 0 Å². The average molecular weight is 396 g/mol. The largest absolute Gasteiger partial charge is 0.496 e. The van der Waals surface area contributed by atoms with Crippen LogP contribution in [0.25, 0.3) is 0 Å². The SMILES string of the molecule is COCCCNC(=O)C1CN(C(=O)c2ccccc2)CC1c1ccccc1OC. The van der Waals surface area contributed by atoms with Crippen LogP contribution in [0.3, 0.4) is 0 Å². The summed E-state index contributed by atoms with van der Waals surface area (Å²) < 4.78 is 10.6. The van der Waals surface area contributed by atoms with E-state index in [-0.39, 0.29) is 23.7 Å². The molecule has 6 heteroatoms. The van der Waals surface area contributed by atoms with E-state index in [0.717, 1.165) is 17.7 Å². The number of carbonyl (C=O) groups is 2. The molecule has 6 nitrogen and oxygen atoms in total. The molecule has 0 spiro atoms. The summed E-state index contributed by atoms with van der Waals surface area (Å²) in [5.74, 6) is 0.187. The number of methoxy groups -OCH3 is 2. The molecule has 2 amide bonds. The van der Waals surface area contributed by atoms with Crippen LogP contribution in [0.15, 0.2) is 54.6 Å². The number of hydrogen-bond acceptors (Lipinski definition) is 4. The van der Waals surface area contributed by atoms with Gasteiger partial charge in [-0.3, -0.25) is 9.59 Å². The van der Waals surface area contributed by atoms with Crippen LogP contribution >= 0.6 is 0 Å². The molecule has 0 bridgehead atoms. The standard InChI is InChI=1S/C23H28N2O4/c1-28-14-8-13-24-22(26)20-16-25(23(27)17-9-4-3-5-10-17)15-19(20)18-11-6-7-12-21(18)29-2/h3-7,9-12,19-20H,8,13-16H2,1-2H3,(H,24,26). The zero-order chi connectivity index (χ0) is 20.6. The Bertz CT molecular complexity index is 825. The number of carbonyl (C=O) groups excluding carboxylic acids is 2. The fourth-order valence-corrected chi connectivity index (χ4v) is 3.85. The maximum Gasteiger partial charge on any atom is 0.253 e. The Balaban J connectivity index is 1.82. The third kappa shape index (κ3) is 4.95. The summed E-state index contributed by atoms with van der Waals surface area (Å²) in [6.07, 6.45) is 0.751. The number of ether oxygens (including phenoxy) is 2. The van der Waals surface area contributed by atoms with Crippen molar-refractivity contribution in [1.29, 1.82) is 0 Å². The number of benzene rings is 2. The molecule has 0 radical (unpaired) electrons. The van der Waals surface area contributed by atoms with Crippen LogP contribution in [-0.2, 0) is 9.53 Å². The predicted molar refractivity (Wildman–Crippen MR) is 111 cm³/mol. The highest BCUT2D eigenvalue weighted by Crippen LogP contribution is 2.38. The normalized spacial score (nSPS) is 18.5. The van der Waals surface area contributed by atoms with E-state index >= 15 is 0 Å². The molecule has 0 aliphatic carbocycles.